The number of nitrogens with zero attached hydrogens (tertiary/aromatic N) is 4. The third kappa shape index (κ3) is 2.89. The van der Waals surface area contributed by atoms with Crippen LogP contribution in [-0.4, -0.2) is 22.0 Å². The zero-order valence-corrected chi connectivity index (χ0v) is 16.8. The van der Waals surface area contributed by atoms with E-state index in [0.29, 0.717) is 10.0 Å². The van der Waals surface area contributed by atoms with Gasteiger partial charge in [-0.2, -0.15) is 11.1 Å². The van der Waals surface area contributed by atoms with Crippen LogP contribution in [0.4, 0.5) is 0 Å². The van der Waals surface area contributed by atoms with Crippen molar-refractivity contribution in [2.24, 2.45) is 22.4 Å². The van der Waals surface area contributed by atoms with Crippen LogP contribution in [0, 0.1) is 28.6 Å². The van der Waals surface area contributed by atoms with E-state index in [4.69, 9.17) is 28.3 Å². The Kier molecular flexibility index (Phi) is 4.48. The molecular formula is C22H16Cl2N4. The van der Waals surface area contributed by atoms with Crippen LogP contribution in [0.2, 0.25) is 10.0 Å². The molecule has 1 saturated carbocycles. The van der Waals surface area contributed by atoms with Gasteiger partial charge < -0.3 is 5.41 Å². The quantitative estimate of drug-likeness (QED) is 0.395. The van der Waals surface area contributed by atoms with Gasteiger partial charge in [0.15, 0.2) is 6.07 Å². The predicted octanol–water partition coefficient (Wildman–Crippen LogP) is 5.13. The number of hydrogen-bond acceptors (Lipinski definition) is 2. The number of hydrazone groups is 1. The number of allylic oxidation sites excluding steroid dienone is 1. The molecule has 2 aromatic carbocycles. The standard InChI is InChI=1S/C22H16Cl2N4/c1-22(2)18-19(22)21(14-5-9-16(24)10-6-14)28(17(11-25)12-26)27-20(18)13-3-7-15(23)8-4-13/h3-10,18-19H,1-2H3/t18-,19+/m0/s1. The van der Waals surface area contributed by atoms with Gasteiger partial charge in [-0.05, 0) is 46.5 Å². The molecule has 0 unspecified atom stereocenters. The normalized spacial score (nSPS) is 21.9. The Hall–Kier alpha value is -2.70. The summed E-state index contributed by atoms with van der Waals surface area (Å²) < 4.78 is 1.50. The van der Waals surface area contributed by atoms with Crippen molar-refractivity contribution in [1.82, 2.24) is 0 Å². The molecule has 0 N–H and O–H groups in total. The zero-order chi connectivity index (χ0) is 20.1. The lowest BCUT2D eigenvalue weighted by Gasteiger charge is -2.12. The third-order valence-electron chi connectivity index (χ3n) is 5.56. The smallest absolute Gasteiger partial charge is 0.335 e. The van der Waals surface area contributed by atoms with Gasteiger partial charge in [0, 0.05) is 32.2 Å². The first kappa shape index (κ1) is 18.7. The van der Waals surface area contributed by atoms with Crippen LogP contribution in [0.5, 0.6) is 0 Å². The number of hydrogen-bond donors (Lipinski definition) is 0. The first-order chi connectivity index (χ1) is 13.4. The lowest BCUT2D eigenvalue weighted by atomic mass is 9.98. The Labute approximate surface area is 173 Å². The van der Waals surface area contributed by atoms with Crippen LogP contribution < -0.4 is 0 Å². The van der Waals surface area contributed by atoms with E-state index in [1.165, 1.54) is 4.68 Å². The highest BCUT2D eigenvalue weighted by Crippen LogP contribution is 2.62. The lowest BCUT2D eigenvalue weighted by Crippen LogP contribution is -2.28. The number of fused-ring (bicyclic) bond motifs is 1. The highest BCUT2D eigenvalue weighted by atomic mass is 35.5. The van der Waals surface area contributed by atoms with Crippen molar-refractivity contribution < 1.29 is 4.68 Å². The van der Waals surface area contributed by atoms with Crippen molar-refractivity contribution in [1.29, 1.82) is 5.26 Å². The molecule has 1 aliphatic heterocycles. The van der Waals surface area contributed by atoms with Crippen LogP contribution in [-0.2, 0) is 0 Å². The molecule has 2 atom stereocenters. The summed E-state index contributed by atoms with van der Waals surface area (Å²) >= 11 is 12.1. The first-order valence-corrected chi connectivity index (χ1v) is 9.58. The Morgan fingerprint density at radius 3 is 2.04 bits per heavy atom. The lowest BCUT2D eigenvalue weighted by molar-refractivity contribution is -0.476. The molecule has 0 saturated heterocycles. The molecular weight excluding hydrogens is 391 g/mol. The molecule has 4 nitrogen and oxygen atoms in total. The second-order valence-corrected chi connectivity index (χ2v) is 8.42. The van der Waals surface area contributed by atoms with E-state index in [1.807, 2.05) is 60.5 Å². The van der Waals surface area contributed by atoms with Crippen molar-refractivity contribution >= 4 is 40.5 Å². The largest absolute Gasteiger partial charge is 0.757 e. The summed E-state index contributed by atoms with van der Waals surface area (Å²) in [6, 6.07) is 16.9. The summed E-state index contributed by atoms with van der Waals surface area (Å²) in [6.45, 7) is 4.37. The maximum absolute atomic E-state index is 9.54. The van der Waals surface area contributed by atoms with Crippen LogP contribution in [0.3, 0.4) is 0 Å². The molecule has 6 heteroatoms. The van der Waals surface area contributed by atoms with E-state index in [0.717, 1.165) is 22.6 Å². The Morgan fingerprint density at radius 2 is 1.54 bits per heavy atom. The van der Waals surface area contributed by atoms with Crippen molar-refractivity contribution in [2.45, 2.75) is 13.8 Å². The number of rotatable bonds is 3. The van der Waals surface area contributed by atoms with Gasteiger partial charge in [0.2, 0.25) is 5.71 Å². The molecule has 1 heterocycles. The third-order valence-corrected chi connectivity index (χ3v) is 6.06. The van der Waals surface area contributed by atoms with E-state index in [2.05, 4.69) is 13.8 Å². The molecule has 2 aliphatic rings. The summed E-state index contributed by atoms with van der Waals surface area (Å²) in [7, 11) is 0. The number of benzene rings is 2. The van der Waals surface area contributed by atoms with Gasteiger partial charge in [0.1, 0.15) is 5.71 Å². The van der Waals surface area contributed by atoms with Gasteiger partial charge >= 0.3 is 5.70 Å². The minimum absolute atomic E-state index is 0.0573. The average molecular weight is 407 g/mol. The number of halogens is 2. The molecule has 4 rings (SSSR count). The molecule has 2 aromatic rings. The maximum atomic E-state index is 9.54. The topological polar surface area (TPSA) is 61.5 Å². The molecule has 0 radical (unpaired) electrons. The Balaban J connectivity index is 1.98. The summed E-state index contributed by atoms with van der Waals surface area (Å²) in [6.07, 6.45) is 0. The average Bonchev–Trinajstić information content (AvgIpc) is 3.26. The number of nitriles is 1. The minimum atomic E-state index is -0.0578. The fourth-order valence-corrected chi connectivity index (χ4v) is 4.34. The van der Waals surface area contributed by atoms with Crippen molar-refractivity contribution in [3.8, 4) is 6.07 Å². The predicted molar refractivity (Wildman–Crippen MR) is 112 cm³/mol. The van der Waals surface area contributed by atoms with Crippen LogP contribution >= 0.6 is 23.2 Å². The Bertz CT molecular complexity index is 1110. The summed E-state index contributed by atoms with van der Waals surface area (Å²) in [4.78, 5) is 0. The van der Waals surface area contributed by atoms with Crippen LogP contribution in [0.25, 0.3) is 5.41 Å². The van der Waals surface area contributed by atoms with Crippen molar-refractivity contribution in [3.05, 3.63) is 80.8 Å². The zero-order valence-electron chi connectivity index (χ0n) is 15.3. The fraction of sp³-hybridized carbons (Fsp3) is 0.227. The van der Waals surface area contributed by atoms with E-state index in [9.17, 15) is 10.7 Å². The van der Waals surface area contributed by atoms with Crippen LogP contribution in [0.15, 0.2) is 59.3 Å². The van der Waals surface area contributed by atoms with E-state index >= 15 is 0 Å². The van der Waals surface area contributed by atoms with E-state index < -0.39 is 0 Å². The molecule has 0 amide bonds. The van der Waals surface area contributed by atoms with Gasteiger partial charge in [-0.1, -0.05) is 49.2 Å². The fourth-order valence-electron chi connectivity index (χ4n) is 4.08. The first-order valence-electron chi connectivity index (χ1n) is 8.83. The van der Waals surface area contributed by atoms with E-state index in [-0.39, 0.29) is 22.9 Å². The summed E-state index contributed by atoms with van der Waals surface area (Å²) in [5.74, 6) is 2.31. The van der Waals surface area contributed by atoms with Gasteiger partial charge in [0.05, 0.1) is 5.92 Å². The highest BCUT2D eigenvalue weighted by molar-refractivity contribution is 6.31. The molecule has 0 aromatic heterocycles. The molecule has 1 fully saturated rings. The molecule has 138 valence electrons. The monoisotopic (exact) mass is 406 g/mol. The maximum Gasteiger partial charge on any atom is 0.335 e. The van der Waals surface area contributed by atoms with E-state index in [1.54, 1.807) is 0 Å². The van der Waals surface area contributed by atoms with Gasteiger partial charge in [-0.3, -0.25) is 0 Å². The molecule has 28 heavy (non-hydrogen) atoms. The summed E-state index contributed by atoms with van der Waals surface area (Å²) in [5.41, 5.74) is 3.47. The van der Waals surface area contributed by atoms with Gasteiger partial charge in [0.25, 0.3) is 0 Å². The minimum Gasteiger partial charge on any atom is -0.757 e. The molecule has 0 spiro atoms. The van der Waals surface area contributed by atoms with Gasteiger partial charge in [-0.25, -0.2) is 0 Å². The van der Waals surface area contributed by atoms with Gasteiger partial charge in [-0.15, -0.1) is 0 Å². The van der Waals surface area contributed by atoms with Crippen LogP contribution in [0.1, 0.15) is 25.0 Å². The second-order valence-electron chi connectivity index (χ2n) is 7.54. The Morgan fingerprint density at radius 1 is 1.00 bits per heavy atom. The summed E-state index contributed by atoms with van der Waals surface area (Å²) in [5, 5.41) is 25.1. The van der Waals surface area contributed by atoms with Crippen molar-refractivity contribution in [3.63, 3.8) is 0 Å². The molecule has 0 bridgehead atoms. The van der Waals surface area contributed by atoms with Crippen molar-refractivity contribution in [2.75, 3.05) is 0 Å². The SMILES string of the molecule is CC1(C)[C@@H]2C(c3ccc(Cl)cc3)=N[N+](C(=C=[N-])C#N)=C(c3ccc(Cl)cc3)[C@@H]21. The second kappa shape index (κ2) is 6.72. The molecule has 1 aliphatic carbocycles. The highest BCUT2D eigenvalue weighted by Gasteiger charge is 2.68.